The Hall–Kier alpha value is -2.55. The van der Waals surface area contributed by atoms with Gasteiger partial charge in [-0.15, -0.1) is 0 Å². The summed E-state index contributed by atoms with van der Waals surface area (Å²) < 4.78 is 66.3. The number of aryl methyl sites for hydroxylation is 2. The highest BCUT2D eigenvalue weighted by Crippen LogP contribution is 2.29. The van der Waals surface area contributed by atoms with Gasteiger partial charge in [0.05, 0.1) is 4.90 Å². The van der Waals surface area contributed by atoms with E-state index in [0.29, 0.717) is 16.2 Å². The molecule has 1 N–H and O–H groups in total. The van der Waals surface area contributed by atoms with E-state index in [-0.39, 0.29) is 24.4 Å². The third-order valence-electron chi connectivity index (χ3n) is 5.38. The Kier molecular flexibility index (Phi) is 4.80. The lowest BCUT2D eigenvalue weighted by Crippen LogP contribution is -2.43. The number of benzene rings is 2. The highest BCUT2D eigenvalue weighted by atomic mass is 32.2. The Balaban J connectivity index is 1.57. The van der Waals surface area contributed by atoms with Gasteiger partial charge < -0.3 is 4.90 Å². The number of carbonyl (C=O) groups excluding carboxylic acids is 1. The fourth-order valence-corrected chi connectivity index (χ4v) is 5.00. The molecule has 0 saturated heterocycles. The molecule has 9 heteroatoms. The lowest BCUT2D eigenvalue weighted by atomic mass is 10.00. The standard InChI is InChI=1S/C20H19F3N2O3S/c21-20(22,23)19(26)25-9-8-14-5-7-18(11-16(14)12-25)29(27,28)24-17-6-4-13-2-1-3-15(13)10-17/h4-7,10-11,24H,1-3,8-9,12H2. The maximum absolute atomic E-state index is 12.8. The number of nitrogens with one attached hydrogen (secondary N) is 1. The number of fused-ring (bicyclic) bond motifs is 2. The van der Waals surface area contributed by atoms with E-state index in [9.17, 15) is 26.4 Å². The highest BCUT2D eigenvalue weighted by molar-refractivity contribution is 7.92. The second-order valence-corrected chi connectivity index (χ2v) is 9.03. The van der Waals surface area contributed by atoms with Crippen molar-refractivity contribution in [2.45, 2.75) is 43.3 Å². The van der Waals surface area contributed by atoms with Gasteiger partial charge in [0.1, 0.15) is 0 Å². The molecule has 2 aromatic rings. The van der Waals surface area contributed by atoms with E-state index in [4.69, 9.17) is 0 Å². The van der Waals surface area contributed by atoms with Crippen molar-refractivity contribution in [2.24, 2.45) is 0 Å². The van der Waals surface area contributed by atoms with Gasteiger partial charge in [0.25, 0.3) is 10.0 Å². The lowest BCUT2D eigenvalue weighted by Gasteiger charge is -2.29. The number of nitrogens with zero attached hydrogens (tertiary/aromatic N) is 1. The number of halogens is 3. The topological polar surface area (TPSA) is 66.5 Å². The van der Waals surface area contributed by atoms with Gasteiger partial charge in [-0.05, 0) is 72.2 Å². The van der Waals surface area contributed by atoms with Gasteiger partial charge in [0, 0.05) is 18.8 Å². The summed E-state index contributed by atoms with van der Waals surface area (Å²) >= 11 is 0. The molecule has 1 aliphatic carbocycles. The molecular formula is C20H19F3N2O3S. The second kappa shape index (κ2) is 7.05. The van der Waals surface area contributed by atoms with Crippen molar-refractivity contribution in [3.8, 4) is 0 Å². The second-order valence-electron chi connectivity index (χ2n) is 7.35. The first-order valence-electron chi connectivity index (χ1n) is 9.26. The maximum Gasteiger partial charge on any atom is 0.471 e. The van der Waals surface area contributed by atoms with Crippen LogP contribution in [0.3, 0.4) is 0 Å². The largest absolute Gasteiger partial charge is 0.471 e. The molecule has 0 bridgehead atoms. The molecule has 5 nitrogen and oxygen atoms in total. The Morgan fingerprint density at radius 1 is 0.931 bits per heavy atom. The first kappa shape index (κ1) is 19.8. The Morgan fingerprint density at radius 3 is 2.38 bits per heavy atom. The molecule has 1 aliphatic heterocycles. The molecule has 0 radical (unpaired) electrons. The van der Waals surface area contributed by atoms with Crippen molar-refractivity contribution in [2.75, 3.05) is 11.3 Å². The monoisotopic (exact) mass is 424 g/mol. The Morgan fingerprint density at radius 2 is 1.62 bits per heavy atom. The van der Waals surface area contributed by atoms with Crippen LogP contribution in [0.2, 0.25) is 0 Å². The SMILES string of the molecule is O=C(N1CCc2ccc(S(=O)(=O)Nc3ccc4c(c3)CCC4)cc2C1)C(F)(F)F. The molecular weight excluding hydrogens is 405 g/mol. The predicted octanol–water partition coefficient (Wildman–Crippen LogP) is 3.42. The quantitative estimate of drug-likeness (QED) is 0.821. The van der Waals surface area contributed by atoms with Crippen LogP contribution < -0.4 is 4.72 Å². The zero-order valence-electron chi connectivity index (χ0n) is 15.4. The average molecular weight is 424 g/mol. The average Bonchev–Trinajstić information content (AvgIpc) is 3.13. The maximum atomic E-state index is 12.8. The zero-order chi connectivity index (χ0) is 20.8. The minimum atomic E-state index is -4.95. The minimum Gasteiger partial charge on any atom is -0.330 e. The summed E-state index contributed by atoms with van der Waals surface area (Å²) in [6, 6.07) is 9.83. The molecule has 4 rings (SSSR count). The molecule has 29 heavy (non-hydrogen) atoms. The van der Waals surface area contributed by atoms with Crippen LogP contribution >= 0.6 is 0 Å². The summed E-state index contributed by atoms with van der Waals surface area (Å²) in [4.78, 5) is 12.2. The molecule has 1 amide bonds. The van der Waals surface area contributed by atoms with Crippen LogP contribution in [0.25, 0.3) is 0 Å². The number of rotatable bonds is 3. The Labute approximate surface area is 166 Å². The van der Waals surface area contributed by atoms with E-state index in [1.807, 2.05) is 12.1 Å². The van der Waals surface area contributed by atoms with E-state index in [1.165, 1.54) is 17.7 Å². The molecule has 2 aromatic carbocycles. The molecule has 0 aromatic heterocycles. The van der Waals surface area contributed by atoms with Gasteiger partial charge in [0.2, 0.25) is 0 Å². The molecule has 0 saturated carbocycles. The molecule has 1 heterocycles. The van der Waals surface area contributed by atoms with Crippen molar-refractivity contribution >= 4 is 21.6 Å². The van der Waals surface area contributed by atoms with Crippen LogP contribution in [-0.4, -0.2) is 31.9 Å². The number of hydrogen-bond donors (Lipinski definition) is 1. The predicted molar refractivity (Wildman–Crippen MR) is 101 cm³/mol. The van der Waals surface area contributed by atoms with Gasteiger partial charge >= 0.3 is 12.1 Å². The van der Waals surface area contributed by atoms with Crippen LogP contribution in [0.4, 0.5) is 18.9 Å². The first-order valence-corrected chi connectivity index (χ1v) is 10.7. The van der Waals surface area contributed by atoms with E-state index in [1.54, 1.807) is 12.1 Å². The third-order valence-corrected chi connectivity index (χ3v) is 6.76. The normalized spacial score (nSPS) is 16.3. The van der Waals surface area contributed by atoms with Crippen LogP contribution in [0.1, 0.15) is 28.7 Å². The number of hydrogen-bond acceptors (Lipinski definition) is 3. The molecule has 154 valence electrons. The molecule has 0 atom stereocenters. The fraction of sp³-hybridized carbons (Fsp3) is 0.350. The van der Waals surface area contributed by atoms with Crippen molar-refractivity contribution in [1.82, 2.24) is 4.90 Å². The third kappa shape index (κ3) is 3.96. The highest BCUT2D eigenvalue weighted by Gasteiger charge is 2.43. The van der Waals surface area contributed by atoms with Crippen molar-refractivity contribution in [3.05, 3.63) is 58.7 Å². The lowest BCUT2D eigenvalue weighted by molar-refractivity contribution is -0.186. The van der Waals surface area contributed by atoms with Crippen molar-refractivity contribution in [1.29, 1.82) is 0 Å². The van der Waals surface area contributed by atoms with Crippen LogP contribution in [0.5, 0.6) is 0 Å². The van der Waals surface area contributed by atoms with Crippen LogP contribution in [0, 0.1) is 0 Å². The van der Waals surface area contributed by atoms with E-state index in [2.05, 4.69) is 4.72 Å². The number of carbonyl (C=O) groups is 1. The Bertz CT molecular complexity index is 1080. The molecule has 2 aliphatic rings. The van der Waals surface area contributed by atoms with Crippen molar-refractivity contribution < 1.29 is 26.4 Å². The minimum absolute atomic E-state index is 0.0435. The summed E-state index contributed by atoms with van der Waals surface area (Å²) in [6.45, 7) is -0.319. The van der Waals surface area contributed by atoms with Gasteiger partial charge in [-0.2, -0.15) is 13.2 Å². The number of alkyl halides is 3. The summed E-state index contributed by atoms with van der Waals surface area (Å²) in [5.74, 6) is -1.91. The van der Waals surface area contributed by atoms with Crippen LogP contribution in [0.15, 0.2) is 41.3 Å². The molecule has 0 spiro atoms. The smallest absolute Gasteiger partial charge is 0.330 e. The summed E-state index contributed by atoms with van der Waals surface area (Å²) in [5.41, 5.74) is 3.95. The van der Waals surface area contributed by atoms with Gasteiger partial charge in [0.15, 0.2) is 0 Å². The summed E-state index contributed by atoms with van der Waals surface area (Å²) in [5, 5.41) is 0. The van der Waals surface area contributed by atoms with Gasteiger partial charge in [-0.25, -0.2) is 8.42 Å². The summed E-state index contributed by atoms with van der Waals surface area (Å²) in [7, 11) is -3.91. The van der Waals surface area contributed by atoms with Crippen molar-refractivity contribution in [3.63, 3.8) is 0 Å². The number of amides is 1. The molecule has 0 fully saturated rings. The first-order chi connectivity index (χ1) is 13.6. The van der Waals surface area contributed by atoms with E-state index < -0.39 is 22.1 Å². The zero-order valence-corrected chi connectivity index (χ0v) is 16.2. The molecule has 0 unspecified atom stereocenters. The van der Waals surface area contributed by atoms with Gasteiger partial charge in [-0.1, -0.05) is 12.1 Å². The van der Waals surface area contributed by atoms with E-state index >= 15 is 0 Å². The van der Waals surface area contributed by atoms with Crippen LogP contribution in [-0.2, 0) is 40.6 Å². The number of sulfonamides is 1. The number of anilines is 1. The van der Waals surface area contributed by atoms with Gasteiger partial charge in [-0.3, -0.25) is 9.52 Å². The summed E-state index contributed by atoms with van der Waals surface area (Å²) in [6.07, 6.45) is -1.76. The van der Waals surface area contributed by atoms with E-state index in [0.717, 1.165) is 30.4 Å². The fourth-order valence-electron chi connectivity index (χ4n) is 3.90.